The van der Waals surface area contributed by atoms with Gasteiger partial charge in [-0.05, 0) is 76.0 Å². The van der Waals surface area contributed by atoms with Crippen molar-refractivity contribution in [2.24, 2.45) is 13.0 Å². The van der Waals surface area contributed by atoms with Crippen molar-refractivity contribution in [3.8, 4) is 0 Å². The summed E-state index contributed by atoms with van der Waals surface area (Å²) >= 11 is 0. The lowest BCUT2D eigenvalue weighted by molar-refractivity contribution is 0.00578. The molecule has 4 nitrogen and oxygen atoms in total. The van der Waals surface area contributed by atoms with Gasteiger partial charge >= 0.3 is 7.12 Å². The number of nitrogens with zero attached hydrogens (tertiary/aromatic N) is 1. The summed E-state index contributed by atoms with van der Waals surface area (Å²) in [7, 11) is 1.84. The van der Waals surface area contributed by atoms with E-state index in [0.717, 1.165) is 24.5 Å². The highest BCUT2D eigenvalue weighted by atomic mass is 16.7. The second-order valence-electron chi connectivity index (χ2n) is 9.03. The highest BCUT2D eigenvalue weighted by Crippen LogP contribution is 2.36. The number of aromatic nitrogens is 1. The van der Waals surface area contributed by atoms with E-state index >= 15 is 0 Å². The lowest BCUT2D eigenvalue weighted by Gasteiger charge is -2.32. The van der Waals surface area contributed by atoms with E-state index < -0.39 is 0 Å². The molecule has 26 heavy (non-hydrogen) atoms. The van der Waals surface area contributed by atoms with Gasteiger partial charge in [0.15, 0.2) is 0 Å². The van der Waals surface area contributed by atoms with Crippen LogP contribution in [0.1, 0.15) is 52.7 Å². The van der Waals surface area contributed by atoms with E-state index in [1.807, 2.05) is 0 Å². The van der Waals surface area contributed by atoms with Crippen molar-refractivity contribution in [1.29, 1.82) is 0 Å². The second-order valence-corrected chi connectivity index (χ2v) is 9.03. The summed E-state index contributed by atoms with van der Waals surface area (Å²) < 4.78 is 14.7. The molecule has 1 aliphatic carbocycles. The number of benzene rings is 1. The van der Waals surface area contributed by atoms with Crippen LogP contribution in [0.4, 0.5) is 0 Å². The van der Waals surface area contributed by atoms with E-state index in [-0.39, 0.29) is 18.3 Å². The van der Waals surface area contributed by atoms with Crippen LogP contribution in [0.2, 0.25) is 0 Å². The Morgan fingerprint density at radius 2 is 1.81 bits per heavy atom. The predicted octanol–water partition coefficient (Wildman–Crippen LogP) is 3.37. The predicted molar refractivity (Wildman–Crippen MR) is 108 cm³/mol. The van der Waals surface area contributed by atoms with Crippen LogP contribution in [0.3, 0.4) is 0 Å². The molecule has 140 valence electrons. The van der Waals surface area contributed by atoms with Crippen LogP contribution in [0.15, 0.2) is 24.3 Å². The largest absolute Gasteiger partial charge is 0.494 e. The topological polar surface area (TPSA) is 35.4 Å². The number of hydrogen-bond acceptors (Lipinski definition) is 3. The summed E-state index contributed by atoms with van der Waals surface area (Å²) in [5, 5.41) is 4.90. The molecule has 0 radical (unpaired) electrons. The number of hydrogen-bond donors (Lipinski definition) is 1. The fraction of sp³-hybridized carbons (Fsp3) is 0.619. The Kier molecular flexibility index (Phi) is 4.45. The summed E-state index contributed by atoms with van der Waals surface area (Å²) in [5.41, 5.74) is 3.03. The molecule has 1 N–H and O–H groups in total. The fourth-order valence-electron chi connectivity index (χ4n) is 3.80. The zero-order chi connectivity index (χ0) is 18.5. The number of nitrogens with one attached hydrogen (secondary N) is 1. The van der Waals surface area contributed by atoms with Crippen molar-refractivity contribution < 1.29 is 9.31 Å². The average molecular weight is 354 g/mol. The lowest BCUT2D eigenvalue weighted by Crippen LogP contribution is -2.41. The van der Waals surface area contributed by atoms with Gasteiger partial charge in [-0.2, -0.15) is 0 Å². The van der Waals surface area contributed by atoms with Crippen molar-refractivity contribution in [1.82, 2.24) is 9.88 Å². The molecule has 0 bridgehead atoms. The molecule has 0 spiro atoms. The maximum Gasteiger partial charge on any atom is 0.494 e. The average Bonchev–Trinajstić information content (AvgIpc) is 2.95. The van der Waals surface area contributed by atoms with E-state index in [2.05, 4.69) is 68.9 Å². The number of fused-ring (bicyclic) bond motifs is 1. The van der Waals surface area contributed by atoms with E-state index in [4.69, 9.17) is 9.31 Å². The molecule has 1 aliphatic heterocycles. The summed E-state index contributed by atoms with van der Waals surface area (Å²) in [6, 6.07) is 8.82. The minimum absolute atomic E-state index is 0.306. The molecular weight excluding hydrogens is 323 g/mol. The summed E-state index contributed by atoms with van der Waals surface area (Å²) in [4.78, 5) is 0. The van der Waals surface area contributed by atoms with Crippen LogP contribution in [0.5, 0.6) is 0 Å². The summed E-state index contributed by atoms with van der Waals surface area (Å²) in [6.07, 6.45) is 4.18. The Morgan fingerprint density at radius 3 is 2.42 bits per heavy atom. The SMILES string of the molecule is Cn1c(CNCC2CCC2)cc2ccc(B3OC(C)(C)C(C)(C)O3)cc21. The molecule has 2 aromatic rings. The first-order valence-electron chi connectivity index (χ1n) is 9.91. The molecule has 1 saturated carbocycles. The van der Waals surface area contributed by atoms with E-state index in [9.17, 15) is 0 Å². The molecular formula is C21H31BN2O2. The lowest BCUT2D eigenvalue weighted by atomic mass is 9.79. The molecule has 2 fully saturated rings. The third-order valence-corrected chi connectivity index (χ3v) is 6.66. The quantitative estimate of drug-likeness (QED) is 0.837. The van der Waals surface area contributed by atoms with Crippen molar-refractivity contribution in [3.05, 3.63) is 30.0 Å². The van der Waals surface area contributed by atoms with Gasteiger partial charge < -0.3 is 19.2 Å². The van der Waals surface area contributed by atoms with Crippen LogP contribution in [-0.2, 0) is 22.9 Å². The van der Waals surface area contributed by atoms with E-state index in [1.165, 1.54) is 35.9 Å². The van der Waals surface area contributed by atoms with Gasteiger partial charge in [-0.1, -0.05) is 18.6 Å². The van der Waals surface area contributed by atoms with Crippen molar-refractivity contribution >= 4 is 23.5 Å². The maximum atomic E-state index is 6.21. The first-order chi connectivity index (χ1) is 12.3. The number of rotatable bonds is 5. The monoisotopic (exact) mass is 354 g/mol. The van der Waals surface area contributed by atoms with Crippen LogP contribution in [-0.4, -0.2) is 29.4 Å². The van der Waals surface area contributed by atoms with Crippen LogP contribution in [0, 0.1) is 5.92 Å². The van der Waals surface area contributed by atoms with Crippen LogP contribution in [0.25, 0.3) is 10.9 Å². The van der Waals surface area contributed by atoms with Gasteiger partial charge in [0.2, 0.25) is 0 Å². The molecule has 1 saturated heterocycles. The van der Waals surface area contributed by atoms with Gasteiger partial charge in [0.25, 0.3) is 0 Å². The Labute approximate surface area is 157 Å². The molecule has 5 heteroatoms. The van der Waals surface area contributed by atoms with Crippen LogP contribution < -0.4 is 10.8 Å². The molecule has 2 aliphatic rings. The highest BCUT2D eigenvalue weighted by molar-refractivity contribution is 6.62. The van der Waals surface area contributed by atoms with Gasteiger partial charge in [-0.3, -0.25) is 0 Å². The zero-order valence-electron chi connectivity index (χ0n) is 16.8. The highest BCUT2D eigenvalue weighted by Gasteiger charge is 2.51. The second kappa shape index (κ2) is 6.40. The zero-order valence-corrected chi connectivity index (χ0v) is 16.8. The van der Waals surface area contributed by atoms with Crippen molar-refractivity contribution in [2.75, 3.05) is 6.54 Å². The van der Waals surface area contributed by atoms with Gasteiger partial charge in [0, 0.05) is 24.8 Å². The molecule has 0 amide bonds. The molecule has 1 aromatic carbocycles. The number of aryl methyl sites for hydroxylation is 1. The standard InChI is InChI=1S/C21H31BN2O2/c1-20(2)21(3,4)26-22(25-20)17-10-9-16-11-18(24(5)19(16)12-17)14-23-13-15-7-6-8-15/h9-12,15,23H,6-8,13-14H2,1-5H3. The first-order valence-corrected chi connectivity index (χ1v) is 9.91. The minimum Gasteiger partial charge on any atom is -0.399 e. The van der Waals surface area contributed by atoms with Gasteiger partial charge in [-0.15, -0.1) is 0 Å². The van der Waals surface area contributed by atoms with E-state index in [0.29, 0.717) is 0 Å². The first kappa shape index (κ1) is 18.1. The maximum absolute atomic E-state index is 6.21. The Bertz CT molecular complexity index is 792. The smallest absolute Gasteiger partial charge is 0.399 e. The Morgan fingerprint density at radius 1 is 1.12 bits per heavy atom. The van der Waals surface area contributed by atoms with Gasteiger partial charge in [0.1, 0.15) is 0 Å². The third kappa shape index (κ3) is 3.10. The normalized spacial score (nSPS) is 22.1. The van der Waals surface area contributed by atoms with Gasteiger partial charge in [-0.25, -0.2) is 0 Å². The van der Waals surface area contributed by atoms with Crippen molar-refractivity contribution in [2.45, 2.75) is 64.7 Å². The third-order valence-electron chi connectivity index (χ3n) is 6.66. The summed E-state index contributed by atoms with van der Waals surface area (Å²) in [6.45, 7) is 10.5. The van der Waals surface area contributed by atoms with Crippen LogP contribution >= 0.6 is 0 Å². The molecule has 4 rings (SSSR count). The molecule has 0 atom stereocenters. The van der Waals surface area contributed by atoms with Crippen molar-refractivity contribution in [3.63, 3.8) is 0 Å². The molecule has 1 aromatic heterocycles. The molecule has 0 unspecified atom stereocenters. The minimum atomic E-state index is -0.308. The summed E-state index contributed by atoms with van der Waals surface area (Å²) in [5.74, 6) is 0.889. The van der Waals surface area contributed by atoms with E-state index in [1.54, 1.807) is 0 Å². The van der Waals surface area contributed by atoms with Gasteiger partial charge in [0.05, 0.1) is 11.2 Å². The Hall–Kier alpha value is -1.30. The fourth-order valence-corrected chi connectivity index (χ4v) is 3.80. The molecule has 2 heterocycles. The Balaban J connectivity index is 1.52.